The molecule has 0 aromatic heterocycles. The number of hydrogen-bond donors (Lipinski definition) is 1. The molecule has 1 aliphatic carbocycles. The van der Waals surface area contributed by atoms with Gasteiger partial charge in [-0.2, -0.15) is 0 Å². The maximum absolute atomic E-state index is 9.20. The molecule has 2 heteroatoms. The predicted octanol–water partition coefficient (Wildman–Crippen LogP) is 3.34. The summed E-state index contributed by atoms with van der Waals surface area (Å²) in [6, 6.07) is 8.34. The highest BCUT2D eigenvalue weighted by atomic mass is 16.3. The minimum absolute atomic E-state index is 0.146. The Balaban J connectivity index is 1.66. The fourth-order valence-corrected chi connectivity index (χ4v) is 3.59. The minimum Gasteiger partial charge on any atom is -0.392 e. The first-order valence-electron chi connectivity index (χ1n) is 7.26. The van der Waals surface area contributed by atoms with Crippen LogP contribution in [0.1, 0.15) is 44.1 Å². The molecule has 1 spiro atoms. The van der Waals surface area contributed by atoms with Crippen LogP contribution in [-0.2, 0) is 6.61 Å². The van der Waals surface area contributed by atoms with Crippen molar-refractivity contribution >= 4 is 5.69 Å². The van der Waals surface area contributed by atoms with Gasteiger partial charge in [-0.1, -0.05) is 37.8 Å². The van der Waals surface area contributed by atoms with Crippen LogP contribution in [0, 0.1) is 5.41 Å². The molecule has 18 heavy (non-hydrogen) atoms. The van der Waals surface area contributed by atoms with E-state index in [2.05, 4.69) is 23.1 Å². The Kier molecular flexibility index (Phi) is 3.29. The Bertz CT molecular complexity index is 399. The van der Waals surface area contributed by atoms with E-state index in [1.165, 1.54) is 57.3 Å². The first-order valence-corrected chi connectivity index (χ1v) is 7.26. The van der Waals surface area contributed by atoms with Gasteiger partial charge < -0.3 is 10.0 Å². The van der Waals surface area contributed by atoms with Crippen molar-refractivity contribution in [3.8, 4) is 0 Å². The summed E-state index contributed by atoms with van der Waals surface area (Å²) in [6.45, 7) is 2.59. The lowest BCUT2D eigenvalue weighted by atomic mass is 9.73. The Labute approximate surface area is 110 Å². The van der Waals surface area contributed by atoms with Gasteiger partial charge >= 0.3 is 0 Å². The summed E-state index contributed by atoms with van der Waals surface area (Å²) in [5.74, 6) is 0. The van der Waals surface area contributed by atoms with Crippen molar-refractivity contribution < 1.29 is 5.11 Å². The molecule has 2 nitrogen and oxygen atoms in total. The number of benzene rings is 1. The summed E-state index contributed by atoms with van der Waals surface area (Å²) in [6.07, 6.45) is 8.55. The molecular formula is C16H23NO. The second-order valence-electron chi connectivity index (χ2n) is 6.10. The van der Waals surface area contributed by atoms with Gasteiger partial charge in [-0.3, -0.25) is 0 Å². The van der Waals surface area contributed by atoms with Crippen molar-refractivity contribution in [1.82, 2.24) is 0 Å². The van der Waals surface area contributed by atoms with Crippen molar-refractivity contribution in [1.29, 1.82) is 0 Å². The average Bonchev–Trinajstić information content (AvgIpc) is 2.62. The van der Waals surface area contributed by atoms with Gasteiger partial charge in [0.15, 0.2) is 0 Å². The molecule has 1 saturated heterocycles. The van der Waals surface area contributed by atoms with E-state index in [0.29, 0.717) is 5.41 Å². The largest absolute Gasteiger partial charge is 0.392 e. The third-order valence-corrected chi connectivity index (χ3v) is 4.68. The average molecular weight is 245 g/mol. The van der Waals surface area contributed by atoms with Crippen LogP contribution in [0.2, 0.25) is 0 Å². The quantitative estimate of drug-likeness (QED) is 0.864. The number of rotatable bonds is 2. The molecule has 1 N–H and O–H groups in total. The van der Waals surface area contributed by atoms with Crippen molar-refractivity contribution in [2.24, 2.45) is 5.41 Å². The number of nitrogens with zero attached hydrogens (tertiary/aromatic N) is 1. The van der Waals surface area contributed by atoms with E-state index in [1.807, 2.05) is 6.07 Å². The Morgan fingerprint density at radius 3 is 2.44 bits per heavy atom. The van der Waals surface area contributed by atoms with E-state index in [4.69, 9.17) is 0 Å². The van der Waals surface area contributed by atoms with E-state index in [-0.39, 0.29) is 6.61 Å². The highest BCUT2D eigenvalue weighted by molar-refractivity contribution is 5.51. The van der Waals surface area contributed by atoms with Crippen molar-refractivity contribution in [2.75, 3.05) is 18.0 Å². The molecule has 0 radical (unpaired) electrons. The van der Waals surface area contributed by atoms with Crippen LogP contribution in [0.5, 0.6) is 0 Å². The highest BCUT2D eigenvalue weighted by Crippen LogP contribution is 2.44. The summed E-state index contributed by atoms with van der Waals surface area (Å²) in [5, 5.41) is 9.20. The van der Waals surface area contributed by atoms with E-state index in [0.717, 1.165) is 5.56 Å². The van der Waals surface area contributed by atoms with Crippen LogP contribution in [-0.4, -0.2) is 18.2 Å². The molecule has 1 saturated carbocycles. The number of aliphatic hydroxyl groups is 1. The monoisotopic (exact) mass is 245 g/mol. The first-order chi connectivity index (χ1) is 8.81. The van der Waals surface area contributed by atoms with Gasteiger partial charge in [0.05, 0.1) is 6.61 Å². The lowest BCUT2D eigenvalue weighted by Gasteiger charge is -2.51. The molecule has 2 fully saturated rings. The van der Waals surface area contributed by atoms with Crippen LogP contribution in [0.4, 0.5) is 5.69 Å². The Morgan fingerprint density at radius 2 is 1.78 bits per heavy atom. The van der Waals surface area contributed by atoms with Gasteiger partial charge in [0, 0.05) is 24.2 Å². The molecule has 1 heterocycles. The van der Waals surface area contributed by atoms with E-state index < -0.39 is 0 Å². The number of anilines is 1. The maximum Gasteiger partial charge on any atom is 0.0682 e. The third kappa shape index (κ3) is 2.26. The summed E-state index contributed by atoms with van der Waals surface area (Å²) in [4.78, 5) is 2.48. The van der Waals surface area contributed by atoms with E-state index in [1.54, 1.807) is 0 Å². The van der Waals surface area contributed by atoms with Crippen LogP contribution >= 0.6 is 0 Å². The molecule has 98 valence electrons. The molecule has 0 atom stereocenters. The molecular weight excluding hydrogens is 222 g/mol. The fraction of sp³-hybridized carbons (Fsp3) is 0.625. The zero-order chi connectivity index (χ0) is 12.4. The van der Waals surface area contributed by atoms with E-state index in [9.17, 15) is 5.11 Å². The van der Waals surface area contributed by atoms with Gasteiger partial charge in [0.25, 0.3) is 0 Å². The Hall–Kier alpha value is -1.02. The van der Waals surface area contributed by atoms with Crippen molar-refractivity contribution in [2.45, 2.75) is 45.1 Å². The first kappa shape index (κ1) is 12.0. The van der Waals surface area contributed by atoms with Gasteiger partial charge in [-0.25, -0.2) is 0 Å². The predicted molar refractivity (Wildman–Crippen MR) is 74.7 cm³/mol. The summed E-state index contributed by atoms with van der Waals surface area (Å²) in [7, 11) is 0. The van der Waals surface area contributed by atoms with Gasteiger partial charge in [0.1, 0.15) is 0 Å². The molecule has 1 aromatic rings. The van der Waals surface area contributed by atoms with Crippen LogP contribution in [0.15, 0.2) is 24.3 Å². The van der Waals surface area contributed by atoms with Crippen molar-refractivity contribution in [3.63, 3.8) is 0 Å². The molecule has 3 rings (SSSR count). The van der Waals surface area contributed by atoms with Gasteiger partial charge in [-0.15, -0.1) is 0 Å². The van der Waals surface area contributed by atoms with Crippen LogP contribution in [0.25, 0.3) is 0 Å². The lowest BCUT2D eigenvalue weighted by Crippen LogP contribution is -2.56. The van der Waals surface area contributed by atoms with Crippen LogP contribution in [0.3, 0.4) is 0 Å². The smallest absolute Gasteiger partial charge is 0.0682 e. The fourth-order valence-electron chi connectivity index (χ4n) is 3.59. The minimum atomic E-state index is 0.146. The summed E-state index contributed by atoms with van der Waals surface area (Å²) >= 11 is 0. The van der Waals surface area contributed by atoms with Crippen molar-refractivity contribution in [3.05, 3.63) is 29.8 Å². The normalized spacial score (nSPS) is 22.6. The third-order valence-electron chi connectivity index (χ3n) is 4.68. The maximum atomic E-state index is 9.20. The molecule has 2 aliphatic rings. The summed E-state index contributed by atoms with van der Waals surface area (Å²) in [5.41, 5.74) is 2.93. The molecule has 1 aliphatic heterocycles. The number of aliphatic hydroxyl groups excluding tert-OH is 1. The van der Waals surface area contributed by atoms with Gasteiger partial charge in [0.2, 0.25) is 0 Å². The standard InChI is InChI=1S/C16H23NO/c18-11-14-6-5-7-15(10-14)17-12-16(13-17)8-3-1-2-4-9-16/h5-7,10,18H,1-4,8-9,11-13H2. The van der Waals surface area contributed by atoms with Gasteiger partial charge in [-0.05, 0) is 30.5 Å². The molecule has 1 aromatic carbocycles. The second-order valence-corrected chi connectivity index (χ2v) is 6.10. The number of hydrogen-bond acceptors (Lipinski definition) is 2. The zero-order valence-corrected chi connectivity index (χ0v) is 11.1. The summed E-state index contributed by atoms with van der Waals surface area (Å²) < 4.78 is 0. The van der Waals surface area contributed by atoms with E-state index >= 15 is 0 Å². The SMILES string of the molecule is OCc1cccc(N2CC3(CCCCCC3)C2)c1. The molecule has 0 unspecified atom stereocenters. The second kappa shape index (κ2) is 4.93. The highest BCUT2D eigenvalue weighted by Gasteiger charge is 2.42. The van der Waals surface area contributed by atoms with Crippen LogP contribution < -0.4 is 4.90 Å². The zero-order valence-electron chi connectivity index (χ0n) is 11.1. The molecule has 0 bridgehead atoms. The lowest BCUT2D eigenvalue weighted by molar-refractivity contribution is 0.180. The topological polar surface area (TPSA) is 23.5 Å². The molecule has 0 amide bonds. The Morgan fingerprint density at radius 1 is 1.06 bits per heavy atom.